The third-order valence-electron chi connectivity index (χ3n) is 4.53. The fourth-order valence-corrected chi connectivity index (χ4v) is 3.38. The molecule has 3 rings (SSSR count). The van der Waals surface area contributed by atoms with Crippen LogP contribution in [-0.2, 0) is 0 Å². The Balaban J connectivity index is 2.03. The lowest BCUT2D eigenvalue weighted by molar-refractivity contribution is -0.532. The van der Waals surface area contributed by atoms with Crippen molar-refractivity contribution in [2.75, 3.05) is 14.1 Å². The van der Waals surface area contributed by atoms with Crippen molar-refractivity contribution in [1.82, 2.24) is 4.90 Å². The van der Waals surface area contributed by atoms with E-state index in [0.717, 1.165) is 10.9 Å². The van der Waals surface area contributed by atoms with Crippen molar-refractivity contribution < 1.29 is 4.92 Å². The maximum Gasteiger partial charge on any atom is 0.238 e. The number of hydrogen-bond donors (Lipinski definition) is 0. The van der Waals surface area contributed by atoms with Crippen LogP contribution in [0.1, 0.15) is 17.9 Å². The summed E-state index contributed by atoms with van der Waals surface area (Å²) < 4.78 is 0. The molecule has 22 heavy (non-hydrogen) atoms. The zero-order valence-corrected chi connectivity index (χ0v) is 12.8. The van der Waals surface area contributed by atoms with E-state index in [1.165, 1.54) is 5.39 Å². The Hall–Kier alpha value is -2.20. The third-order valence-corrected chi connectivity index (χ3v) is 4.53. The van der Waals surface area contributed by atoms with Crippen LogP contribution in [0, 0.1) is 10.1 Å². The topological polar surface area (TPSA) is 46.4 Å². The molecule has 0 N–H and O–H groups in total. The van der Waals surface area contributed by atoms with Gasteiger partial charge in [-0.15, -0.1) is 0 Å². The Morgan fingerprint density at radius 3 is 2.55 bits per heavy atom. The molecule has 0 saturated carbocycles. The van der Waals surface area contributed by atoms with E-state index in [1.54, 1.807) is 0 Å². The normalized spacial score (nSPS) is 24.8. The smallest absolute Gasteiger partial charge is 0.238 e. The van der Waals surface area contributed by atoms with Gasteiger partial charge in [0, 0.05) is 4.92 Å². The summed E-state index contributed by atoms with van der Waals surface area (Å²) in [6.07, 6.45) is 4.75. The van der Waals surface area contributed by atoms with Crippen LogP contribution in [0.3, 0.4) is 0 Å². The molecule has 0 bridgehead atoms. The van der Waals surface area contributed by atoms with Crippen LogP contribution in [0.4, 0.5) is 0 Å². The molecule has 1 aliphatic carbocycles. The highest BCUT2D eigenvalue weighted by Crippen LogP contribution is 2.34. The van der Waals surface area contributed by atoms with Gasteiger partial charge in [0.1, 0.15) is 0 Å². The largest absolute Gasteiger partial charge is 0.297 e. The summed E-state index contributed by atoms with van der Waals surface area (Å²) in [6, 6.07) is 13.5. The highest BCUT2D eigenvalue weighted by molar-refractivity contribution is 5.83. The monoisotopic (exact) mass is 296 g/mol. The number of likely N-dealkylation sites (N-methyl/N-ethyl adjacent to an activating group) is 1. The van der Waals surface area contributed by atoms with Crippen molar-refractivity contribution >= 4 is 10.8 Å². The first-order valence-electron chi connectivity index (χ1n) is 7.53. The van der Waals surface area contributed by atoms with Gasteiger partial charge >= 0.3 is 0 Å². The number of nitro groups is 1. The zero-order valence-electron chi connectivity index (χ0n) is 12.8. The van der Waals surface area contributed by atoms with E-state index in [0.29, 0.717) is 6.42 Å². The van der Waals surface area contributed by atoms with Gasteiger partial charge in [0.05, 0.1) is 12.0 Å². The van der Waals surface area contributed by atoms with Crippen molar-refractivity contribution in [3.63, 3.8) is 0 Å². The van der Waals surface area contributed by atoms with E-state index in [4.69, 9.17) is 0 Å². The third kappa shape index (κ3) is 2.62. The van der Waals surface area contributed by atoms with Gasteiger partial charge < -0.3 is 0 Å². The number of allylic oxidation sites excluding steroid dienone is 1. The Morgan fingerprint density at radius 1 is 1.14 bits per heavy atom. The van der Waals surface area contributed by atoms with Crippen LogP contribution >= 0.6 is 0 Å². The van der Waals surface area contributed by atoms with Crippen molar-refractivity contribution in [1.29, 1.82) is 0 Å². The molecule has 0 aliphatic heterocycles. The predicted octanol–water partition coefficient (Wildman–Crippen LogP) is 3.46. The van der Waals surface area contributed by atoms with Crippen molar-refractivity contribution in [2.24, 2.45) is 0 Å². The summed E-state index contributed by atoms with van der Waals surface area (Å²) in [5.41, 5.74) is 1.05. The molecule has 4 nitrogen and oxygen atoms in total. The second-order valence-corrected chi connectivity index (χ2v) is 6.11. The van der Waals surface area contributed by atoms with Crippen LogP contribution in [0.5, 0.6) is 0 Å². The molecular weight excluding hydrogens is 276 g/mol. The molecule has 1 unspecified atom stereocenters. The Morgan fingerprint density at radius 2 is 1.86 bits per heavy atom. The molecule has 0 radical (unpaired) electrons. The fourth-order valence-electron chi connectivity index (χ4n) is 3.38. The summed E-state index contributed by atoms with van der Waals surface area (Å²) in [4.78, 5) is 13.5. The number of fused-ring (bicyclic) bond motifs is 1. The van der Waals surface area contributed by atoms with Gasteiger partial charge in [0.25, 0.3) is 0 Å². The van der Waals surface area contributed by atoms with Crippen LogP contribution in [0.2, 0.25) is 0 Å². The quantitative estimate of drug-likeness (QED) is 0.495. The molecule has 0 aromatic heterocycles. The lowest BCUT2D eigenvalue weighted by atomic mass is 9.80. The van der Waals surface area contributed by atoms with Gasteiger partial charge in [0.15, 0.2) is 0 Å². The van der Waals surface area contributed by atoms with Crippen LogP contribution in [0.15, 0.2) is 54.6 Å². The summed E-state index contributed by atoms with van der Waals surface area (Å²) in [6.45, 7) is 0. The summed E-state index contributed by atoms with van der Waals surface area (Å²) in [7, 11) is 3.79. The number of benzene rings is 2. The summed E-state index contributed by atoms with van der Waals surface area (Å²) >= 11 is 0. The Labute approximate surface area is 130 Å². The minimum atomic E-state index is -0.610. The molecular formula is C18H20N2O2. The predicted molar refractivity (Wildman–Crippen MR) is 88.7 cm³/mol. The van der Waals surface area contributed by atoms with E-state index in [-0.39, 0.29) is 16.9 Å². The highest BCUT2D eigenvalue weighted by atomic mass is 16.6. The minimum Gasteiger partial charge on any atom is -0.297 e. The van der Waals surface area contributed by atoms with Gasteiger partial charge in [-0.3, -0.25) is 15.0 Å². The lowest BCUT2D eigenvalue weighted by Crippen LogP contribution is -2.47. The second-order valence-electron chi connectivity index (χ2n) is 6.11. The molecule has 4 heteroatoms. The van der Waals surface area contributed by atoms with Gasteiger partial charge in [0.2, 0.25) is 6.04 Å². The van der Waals surface area contributed by atoms with Crippen molar-refractivity contribution in [3.05, 3.63) is 70.3 Å². The van der Waals surface area contributed by atoms with Gasteiger partial charge in [-0.2, -0.15) is 0 Å². The van der Waals surface area contributed by atoms with E-state index in [1.807, 2.05) is 43.3 Å². The number of rotatable bonds is 3. The standard InChI is InChI=1S/C18H20N2O2/c1-19(2)17-9-5-8-16(18(17)20(21)22)15-11-10-13-6-3-4-7-14(13)12-15/h3-7,9-12,16-18H,8H2,1-2H3/t16-,17-,18?/m0/s1. The minimum absolute atomic E-state index is 0.0861. The first-order chi connectivity index (χ1) is 10.6. The summed E-state index contributed by atoms with van der Waals surface area (Å²) in [5, 5.41) is 14.0. The zero-order chi connectivity index (χ0) is 15.7. The SMILES string of the molecule is CN(C)[C@H]1C=CC[C@@H](c2ccc3ccccc3c2)C1[N+](=O)[O-]. The van der Waals surface area contributed by atoms with Gasteiger partial charge in [-0.1, -0.05) is 54.6 Å². The highest BCUT2D eigenvalue weighted by Gasteiger charge is 2.41. The second kappa shape index (κ2) is 5.89. The average Bonchev–Trinajstić information content (AvgIpc) is 2.53. The average molecular weight is 296 g/mol. The van der Waals surface area contributed by atoms with Crippen LogP contribution < -0.4 is 0 Å². The molecule has 0 amide bonds. The molecule has 2 aromatic carbocycles. The first kappa shape index (κ1) is 14.7. The van der Waals surface area contributed by atoms with E-state index < -0.39 is 6.04 Å². The van der Waals surface area contributed by atoms with Crippen molar-refractivity contribution in [3.8, 4) is 0 Å². The molecule has 1 aliphatic rings. The van der Waals surface area contributed by atoms with E-state index in [2.05, 4.69) is 30.3 Å². The molecule has 0 saturated heterocycles. The van der Waals surface area contributed by atoms with Crippen LogP contribution in [-0.4, -0.2) is 36.0 Å². The van der Waals surface area contributed by atoms with Crippen molar-refractivity contribution in [2.45, 2.75) is 24.4 Å². The molecule has 0 heterocycles. The van der Waals surface area contributed by atoms with Gasteiger partial charge in [-0.05, 0) is 36.9 Å². The lowest BCUT2D eigenvalue weighted by Gasteiger charge is -2.32. The Kier molecular flexibility index (Phi) is 3.94. The fraction of sp³-hybridized carbons (Fsp3) is 0.333. The molecule has 0 spiro atoms. The Bertz CT molecular complexity index is 724. The van der Waals surface area contributed by atoms with Crippen LogP contribution in [0.25, 0.3) is 10.8 Å². The molecule has 0 fully saturated rings. The number of nitrogens with zero attached hydrogens (tertiary/aromatic N) is 2. The molecule has 3 atom stereocenters. The maximum atomic E-state index is 11.7. The molecule has 114 valence electrons. The van der Waals surface area contributed by atoms with E-state index >= 15 is 0 Å². The summed E-state index contributed by atoms with van der Waals surface area (Å²) in [5.74, 6) is -0.0861. The number of hydrogen-bond acceptors (Lipinski definition) is 3. The van der Waals surface area contributed by atoms with Gasteiger partial charge in [-0.25, -0.2) is 0 Å². The maximum absolute atomic E-state index is 11.7. The first-order valence-corrected chi connectivity index (χ1v) is 7.53. The van der Waals surface area contributed by atoms with E-state index in [9.17, 15) is 10.1 Å². The molecule has 2 aromatic rings.